The molecule has 5 nitrogen and oxygen atoms in total. The zero-order valence-corrected chi connectivity index (χ0v) is 16.6. The Bertz CT molecular complexity index is 821. The average molecular weight is 409 g/mol. The van der Waals surface area contributed by atoms with Crippen LogP contribution in [-0.2, 0) is 6.54 Å². The Kier molecular flexibility index (Phi) is 6.47. The number of phenols is 1. The molecule has 0 bridgehead atoms. The van der Waals surface area contributed by atoms with Crippen molar-refractivity contribution in [3.8, 4) is 11.5 Å². The third-order valence-electron chi connectivity index (χ3n) is 4.53. The van der Waals surface area contributed by atoms with Gasteiger partial charge in [-0.25, -0.2) is 0 Å². The molecule has 2 aromatic rings. The van der Waals surface area contributed by atoms with Crippen LogP contribution in [-0.4, -0.2) is 53.6 Å². The minimum Gasteiger partial charge on any atom is -0.503 e. The molecule has 0 spiro atoms. The molecule has 0 radical (unpaired) electrons. The highest BCUT2D eigenvalue weighted by atomic mass is 35.5. The summed E-state index contributed by atoms with van der Waals surface area (Å²) >= 11 is 12.1. The molecule has 144 valence electrons. The van der Waals surface area contributed by atoms with Gasteiger partial charge in [0.25, 0.3) is 5.91 Å². The van der Waals surface area contributed by atoms with E-state index >= 15 is 0 Å². The Balaban J connectivity index is 1.63. The lowest BCUT2D eigenvalue weighted by Gasteiger charge is -2.35. The summed E-state index contributed by atoms with van der Waals surface area (Å²) in [5, 5.41) is 10.8. The number of carbonyl (C=O) groups excluding carboxylic acids is 1. The van der Waals surface area contributed by atoms with Crippen LogP contribution < -0.4 is 4.74 Å². The van der Waals surface area contributed by atoms with Crippen LogP contribution in [0.5, 0.6) is 11.5 Å². The lowest BCUT2D eigenvalue weighted by molar-refractivity contribution is 0.0628. The number of aromatic hydroxyl groups is 1. The van der Waals surface area contributed by atoms with Crippen LogP contribution in [0.1, 0.15) is 22.8 Å². The standard InChI is InChI=1S/C20H22Cl2N2O3/c1-2-27-18-12-15(11-17(22)19(18)25)20(26)24-8-6-23(7-9-24)13-14-4-3-5-16(21)10-14/h3-5,10-12,25H,2,6-9,13H2,1H3. The summed E-state index contributed by atoms with van der Waals surface area (Å²) in [7, 11) is 0. The summed E-state index contributed by atoms with van der Waals surface area (Å²) in [4.78, 5) is 16.9. The topological polar surface area (TPSA) is 53.0 Å². The van der Waals surface area contributed by atoms with Crippen LogP contribution >= 0.6 is 23.2 Å². The van der Waals surface area contributed by atoms with Crippen molar-refractivity contribution in [1.82, 2.24) is 9.80 Å². The van der Waals surface area contributed by atoms with Gasteiger partial charge in [0.2, 0.25) is 0 Å². The van der Waals surface area contributed by atoms with E-state index in [1.165, 1.54) is 6.07 Å². The highest BCUT2D eigenvalue weighted by molar-refractivity contribution is 6.32. The van der Waals surface area contributed by atoms with Crippen LogP contribution in [0.2, 0.25) is 10.0 Å². The van der Waals surface area contributed by atoms with Crippen molar-refractivity contribution < 1.29 is 14.6 Å². The van der Waals surface area contributed by atoms with Crippen molar-refractivity contribution >= 4 is 29.1 Å². The van der Waals surface area contributed by atoms with Crippen molar-refractivity contribution in [1.29, 1.82) is 0 Å². The van der Waals surface area contributed by atoms with Gasteiger partial charge in [-0.3, -0.25) is 9.69 Å². The molecule has 3 rings (SSSR count). The molecule has 1 amide bonds. The van der Waals surface area contributed by atoms with E-state index in [1.807, 2.05) is 18.2 Å². The van der Waals surface area contributed by atoms with Gasteiger partial charge in [0.05, 0.1) is 11.6 Å². The first-order valence-corrected chi connectivity index (χ1v) is 9.65. The fraction of sp³-hybridized carbons (Fsp3) is 0.350. The minimum absolute atomic E-state index is 0.111. The molecule has 1 aliphatic heterocycles. The monoisotopic (exact) mass is 408 g/mol. The van der Waals surface area contributed by atoms with E-state index in [0.29, 0.717) is 25.3 Å². The molecule has 1 fully saturated rings. The number of ether oxygens (including phenoxy) is 1. The summed E-state index contributed by atoms with van der Waals surface area (Å²) < 4.78 is 5.36. The smallest absolute Gasteiger partial charge is 0.254 e. The predicted octanol–water partition coefficient (Wildman–Crippen LogP) is 4.06. The molecule has 1 N–H and O–H groups in total. The van der Waals surface area contributed by atoms with Gasteiger partial charge in [-0.2, -0.15) is 0 Å². The Hall–Kier alpha value is -1.95. The van der Waals surface area contributed by atoms with Crippen LogP contribution in [0, 0.1) is 0 Å². The minimum atomic E-state index is -0.138. The molecule has 7 heteroatoms. The second-order valence-electron chi connectivity index (χ2n) is 6.44. The van der Waals surface area contributed by atoms with Crippen molar-refractivity contribution in [2.24, 2.45) is 0 Å². The SMILES string of the molecule is CCOc1cc(C(=O)N2CCN(Cc3cccc(Cl)c3)CC2)cc(Cl)c1O. The van der Waals surface area contributed by atoms with Crippen LogP contribution in [0.15, 0.2) is 36.4 Å². The quantitative estimate of drug-likeness (QED) is 0.810. The fourth-order valence-electron chi connectivity index (χ4n) is 3.15. The van der Waals surface area contributed by atoms with Crippen molar-refractivity contribution in [3.63, 3.8) is 0 Å². The van der Waals surface area contributed by atoms with E-state index in [2.05, 4.69) is 11.0 Å². The Morgan fingerprint density at radius 1 is 1.15 bits per heavy atom. The maximum absolute atomic E-state index is 12.8. The first-order chi connectivity index (χ1) is 13.0. The van der Waals surface area contributed by atoms with E-state index in [0.717, 1.165) is 30.2 Å². The summed E-state index contributed by atoms with van der Waals surface area (Å²) in [6, 6.07) is 10.9. The Morgan fingerprint density at radius 3 is 2.56 bits per heavy atom. The predicted molar refractivity (Wildman–Crippen MR) is 107 cm³/mol. The Morgan fingerprint density at radius 2 is 1.89 bits per heavy atom. The normalized spacial score (nSPS) is 15.0. The highest BCUT2D eigenvalue weighted by Crippen LogP contribution is 2.35. The van der Waals surface area contributed by atoms with Gasteiger partial charge in [-0.1, -0.05) is 35.3 Å². The Labute approximate surface area is 169 Å². The molecule has 1 saturated heterocycles. The average Bonchev–Trinajstić information content (AvgIpc) is 2.65. The van der Waals surface area contributed by atoms with Crippen LogP contribution in [0.25, 0.3) is 0 Å². The number of benzene rings is 2. The molecule has 1 heterocycles. The van der Waals surface area contributed by atoms with Crippen molar-refractivity contribution in [2.45, 2.75) is 13.5 Å². The fourth-order valence-corrected chi connectivity index (χ4v) is 3.57. The second-order valence-corrected chi connectivity index (χ2v) is 7.28. The van der Waals surface area contributed by atoms with Gasteiger partial charge >= 0.3 is 0 Å². The largest absolute Gasteiger partial charge is 0.503 e. The molecule has 2 aromatic carbocycles. The molecular weight excluding hydrogens is 387 g/mol. The first-order valence-electron chi connectivity index (χ1n) is 8.89. The molecule has 1 aliphatic rings. The van der Waals surface area contributed by atoms with E-state index in [9.17, 15) is 9.90 Å². The van der Waals surface area contributed by atoms with Gasteiger partial charge < -0.3 is 14.7 Å². The number of hydrogen-bond donors (Lipinski definition) is 1. The third-order valence-corrected chi connectivity index (χ3v) is 5.05. The molecular formula is C20H22Cl2N2O3. The maximum Gasteiger partial charge on any atom is 0.254 e. The number of piperazine rings is 1. The zero-order chi connectivity index (χ0) is 19.4. The number of rotatable bonds is 5. The number of amides is 1. The summed E-state index contributed by atoms with van der Waals surface area (Å²) in [6.07, 6.45) is 0. The summed E-state index contributed by atoms with van der Waals surface area (Å²) in [5.41, 5.74) is 1.58. The molecule has 27 heavy (non-hydrogen) atoms. The van der Waals surface area contributed by atoms with Crippen molar-refractivity contribution in [2.75, 3.05) is 32.8 Å². The van der Waals surface area contributed by atoms with Gasteiger partial charge in [-0.15, -0.1) is 0 Å². The molecule has 0 aromatic heterocycles. The molecule has 0 saturated carbocycles. The first kappa shape index (κ1) is 19.8. The zero-order valence-electron chi connectivity index (χ0n) is 15.1. The van der Waals surface area contributed by atoms with E-state index in [1.54, 1.807) is 17.9 Å². The van der Waals surface area contributed by atoms with E-state index in [-0.39, 0.29) is 22.4 Å². The number of phenolic OH excluding ortho intramolecular Hbond substituents is 1. The lowest BCUT2D eigenvalue weighted by atomic mass is 10.1. The maximum atomic E-state index is 12.8. The molecule has 0 unspecified atom stereocenters. The van der Waals surface area contributed by atoms with E-state index < -0.39 is 0 Å². The third kappa shape index (κ3) is 4.86. The molecule has 0 atom stereocenters. The summed E-state index contributed by atoms with van der Waals surface area (Å²) in [6.45, 7) is 5.81. The highest BCUT2D eigenvalue weighted by Gasteiger charge is 2.24. The number of nitrogens with zero attached hydrogens (tertiary/aromatic N) is 2. The second kappa shape index (κ2) is 8.83. The van der Waals surface area contributed by atoms with Crippen LogP contribution in [0.3, 0.4) is 0 Å². The molecule has 0 aliphatic carbocycles. The summed E-state index contributed by atoms with van der Waals surface area (Å²) in [5.74, 6) is -0.0189. The van der Waals surface area contributed by atoms with Gasteiger partial charge in [-0.05, 0) is 36.8 Å². The van der Waals surface area contributed by atoms with Crippen molar-refractivity contribution in [3.05, 3.63) is 57.6 Å². The number of halogens is 2. The van der Waals surface area contributed by atoms with Gasteiger partial charge in [0, 0.05) is 43.3 Å². The van der Waals surface area contributed by atoms with Gasteiger partial charge in [0.1, 0.15) is 0 Å². The van der Waals surface area contributed by atoms with Gasteiger partial charge in [0.15, 0.2) is 11.5 Å². The lowest BCUT2D eigenvalue weighted by Crippen LogP contribution is -2.48. The van der Waals surface area contributed by atoms with E-state index in [4.69, 9.17) is 27.9 Å². The number of hydrogen-bond acceptors (Lipinski definition) is 4. The number of carbonyl (C=O) groups is 1. The van der Waals surface area contributed by atoms with Crippen LogP contribution in [0.4, 0.5) is 0 Å².